The van der Waals surface area contributed by atoms with Crippen LogP contribution >= 0.6 is 11.6 Å². The number of benzene rings is 2. The van der Waals surface area contributed by atoms with Crippen molar-refractivity contribution in [3.05, 3.63) is 53.1 Å². The van der Waals surface area contributed by atoms with E-state index >= 15 is 0 Å². The first-order valence-corrected chi connectivity index (χ1v) is 6.69. The first kappa shape index (κ1) is 14.2. The molecule has 0 aliphatic rings. The van der Waals surface area contributed by atoms with Gasteiger partial charge in [0.15, 0.2) is 0 Å². The molecule has 4 nitrogen and oxygen atoms in total. The molecule has 20 heavy (non-hydrogen) atoms. The predicted molar refractivity (Wildman–Crippen MR) is 83.6 cm³/mol. The second-order valence-corrected chi connectivity index (χ2v) is 4.67. The number of nitrogens with two attached hydrogens (primary N) is 1. The third-order valence-electron chi connectivity index (χ3n) is 2.79. The third kappa shape index (κ3) is 3.22. The smallest absolute Gasteiger partial charge is 0.251 e. The van der Waals surface area contributed by atoms with Crippen molar-refractivity contribution in [1.29, 1.82) is 0 Å². The van der Waals surface area contributed by atoms with Gasteiger partial charge in [0.05, 0.1) is 22.1 Å². The van der Waals surface area contributed by atoms with Crippen molar-refractivity contribution in [3.63, 3.8) is 0 Å². The Balaban J connectivity index is 2.22. The number of carbonyl (C=O) groups excluding carboxylic acids is 1. The van der Waals surface area contributed by atoms with Gasteiger partial charge >= 0.3 is 0 Å². The van der Waals surface area contributed by atoms with Gasteiger partial charge in [0.1, 0.15) is 0 Å². The number of hydrogen-bond acceptors (Lipinski definition) is 3. The lowest BCUT2D eigenvalue weighted by Gasteiger charge is -2.12. The highest BCUT2D eigenvalue weighted by atomic mass is 35.5. The van der Waals surface area contributed by atoms with Crippen molar-refractivity contribution >= 4 is 34.6 Å². The second kappa shape index (κ2) is 6.30. The zero-order valence-electron chi connectivity index (χ0n) is 11.1. The van der Waals surface area contributed by atoms with E-state index in [-0.39, 0.29) is 5.91 Å². The molecule has 2 aromatic rings. The van der Waals surface area contributed by atoms with Gasteiger partial charge in [-0.2, -0.15) is 0 Å². The average Bonchev–Trinajstić information content (AvgIpc) is 2.43. The van der Waals surface area contributed by atoms with Crippen LogP contribution in [0.25, 0.3) is 0 Å². The molecule has 0 aliphatic carbocycles. The molecule has 4 N–H and O–H groups in total. The van der Waals surface area contributed by atoms with Crippen LogP contribution in [-0.4, -0.2) is 12.5 Å². The minimum absolute atomic E-state index is 0.136. The molecule has 104 valence electrons. The largest absolute Gasteiger partial charge is 0.397 e. The summed E-state index contributed by atoms with van der Waals surface area (Å²) in [7, 11) is 0. The van der Waals surface area contributed by atoms with Crippen LogP contribution in [0.5, 0.6) is 0 Å². The quantitative estimate of drug-likeness (QED) is 0.756. The number of anilines is 3. The summed E-state index contributed by atoms with van der Waals surface area (Å²) < 4.78 is 0. The number of para-hydroxylation sites is 1. The average molecular weight is 290 g/mol. The minimum atomic E-state index is -0.136. The standard InChI is InChI=1S/C15H16ClN3O/c1-2-18-15(20)10-7-8-14(12(17)9-10)19-13-6-4-3-5-11(13)16/h3-9,19H,2,17H2,1H3,(H,18,20). The van der Waals surface area contributed by atoms with Crippen molar-refractivity contribution in [2.24, 2.45) is 0 Å². The highest BCUT2D eigenvalue weighted by Crippen LogP contribution is 2.28. The number of rotatable bonds is 4. The Morgan fingerprint density at radius 1 is 1.20 bits per heavy atom. The van der Waals surface area contributed by atoms with Gasteiger partial charge in [-0.3, -0.25) is 4.79 Å². The van der Waals surface area contributed by atoms with Crippen molar-refractivity contribution in [2.45, 2.75) is 6.92 Å². The zero-order chi connectivity index (χ0) is 14.5. The van der Waals surface area contributed by atoms with Crippen LogP contribution in [0.3, 0.4) is 0 Å². The topological polar surface area (TPSA) is 67.2 Å². The first-order chi connectivity index (χ1) is 9.61. The van der Waals surface area contributed by atoms with Crippen LogP contribution < -0.4 is 16.4 Å². The van der Waals surface area contributed by atoms with Crippen LogP contribution in [-0.2, 0) is 0 Å². The summed E-state index contributed by atoms with van der Waals surface area (Å²) in [5.41, 5.74) is 8.48. The fourth-order valence-corrected chi connectivity index (χ4v) is 1.97. The van der Waals surface area contributed by atoms with E-state index in [0.717, 1.165) is 5.69 Å². The Labute approximate surface area is 122 Å². The maximum atomic E-state index is 11.7. The Morgan fingerprint density at radius 3 is 2.60 bits per heavy atom. The minimum Gasteiger partial charge on any atom is -0.397 e. The van der Waals surface area contributed by atoms with Crippen LogP contribution in [0.4, 0.5) is 17.1 Å². The maximum absolute atomic E-state index is 11.7. The summed E-state index contributed by atoms with van der Waals surface area (Å²) >= 11 is 6.08. The lowest BCUT2D eigenvalue weighted by atomic mass is 10.1. The van der Waals surface area contributed by atoms with E-state index in [9.17, 15) is 4.79 Å². The lowest BCUT2D eigenvalue weighted by Crippen LogP contribution is -2.22. The molecule has 2 rings (SSSR count). The molecule has 0 bridgehead atoms. The van der Waals surface area contributed by atoms with Gasteiger partial charge in [-0.15, -0.1) is 0 Å². The molecule has 0 radical (unpaired) electrons. The van der Waals surface area contributed by atoms with Crippen molar-refractivity contribution in [3.8, 4) is 0 Å². The van der Waals surface area contributed by atoms with Crippen LogP contribution in [0.2, 0.25) is 5.02 Å². The molecular weight excluding hydrogens is 274 g/mol. The summed E-state index contributed by atoms with van der Waals surface area (Å²) in [6.45, 7) is 2.45. The van der Waals surface area contributed by atoms with Crippen molar-refractivity contribution < 1.29 is 4.79 Å². The van der Waals surface area contributed by atoms with Gasteiger partial charge in [-0.1, -0.05) is 23.7 Å². The van der Waals surface area contributed by atoms with Gasteiger partial charge in [0, 0.05) is 12.1 Å². The SMILES string of the molecule is CCNC(=O)c1ccc(Nc2ccccc2Cl)c(N)c1. The molecule has 0 saturated carbocycles. The monoisotopic (exact) mass is 289 g/mol. The molecule has 0 saturated heterocycles. The second-order valence-electron chi connectivity index (χ2n) is 4.27. The number of nitrogen functional groups attached to an aromatic ring is 1. The van der Waals surface area contributed by atoms with Crippen LogP contribution in [0.15, 0.2) is 42.5 Å². The van der Waals surface area contributed by atoms with Gasteiger partial charge < -0.3 is 16.4 Å². The molecule has 5 heteroatoms. The fourth-order valence-electron chi connectivity index (χ4n) is 1.79. The molecule has 0 spiro atoms. The third-order valence-corrected chi connectivity index (χ3v) is 3.12. The van der Waals surface area contributed by atoms with Gasteiger partial charge in [0.2, 0.25) is 0 Å². The number of nitrogens with one attached hydrogen (secondary N) is 2. The van der Waals surface area contributed by atoms with Gasteiger partial charge in [-0.05, 0) is 37.3 Å². The molecule has 0 fully saturated rings. The Morgan fingerprint density at radius 2 is 1.95 bits per heavy atom. The molecule has 0 atom stereocenters. The number of amides is 1. The highest BCUT2D eigenvalue weighted by Gasteiger charge is 2.08. The molecule has 0 aliphatic heterocycles. The summed E-state index contributed by atoms with van der Waals surface area (Å²) in [5, 5.41) is 6.49. The maximum Gasteiger partial charge on any atom is 0.251 e. The summed E-state index contributed by atoms with van der Waals surface area (Å²) in [4.78, 5) is 11.7. The van der Waals surface area contributed by atoms with E-state index in [0.29, 0.717) is 28.5 Å². The van der Waals surface area contributed by atoms with E-state index in [4.69, 9.17) is 17.3 Å². The van der Waals surface area contributed by atoms with Gasteiger partial charge in [0.25, 0.3) is 5.91 Å². The summed E-state index contributed by atoms with van der Waals surface area (Å²) in [6.07, 6.45) is 0. The van der Waals surface area contributed by atoms with E-state index in [2.05, 4.69) is 10.6 Å². The first-order valence-electron chi connectivity index (χ1n) is 6.31. The Kier molecular flexibility index (Phi) is 4.48. The van der Waals surface area contributed by atoms with Crippen molar-refractivity contribution in [1.82, 2.24) is 5.32 Å². The highest BCUT2D eigenvalue weighted by molar-refractivity contribution is 6.33. The molecule has 2 aromatic carbocycles. The number of hydrogen-bond donors (Lipinski definition) is 3. The summed E-state index contributed by atoms with van der Waals surface area (Å²) in [6, 6.07) is 12.5. The molecule has 1 amide bonds. The molecular formula is C15H16ClN3O. The van der Waals surface area contributed by atoms with E-state index in [1.54, 1.807) is 24.3 Å². The zero-order valence-corrected chi connectivity index (χ0v) is 11.9. The van der Waals surface area contributed by atoms with E-state index in [1.165, 1.54) is 0 Å². The molecule has 0 aromatic heterocycles. The molecule has 0 unspecified atom stereocenters. The van der Waals surface area contributed by atoms with Crippen LogP contribution in [0.1, 0.15) is 17.3 Å². The Bertz CT molecular complexity index is 628. The number of carbonyl (C=O) groups is 1. The van der Waals surface area contributed by atoms with Gasteiger partial charge in [-0.25, -0.2) is 0 Å². The summed E-state index contributed by atoms with van der Waals surface area (Å²) in [5.74, 6) is -0.136. The normalized spacial score (nSPS) is 10.1. The predicted octanol–water partition coefficient (Wildman–Crippen LogP) is 3.42. The number of halogens is 1. The fraction of sp³-hybridized carbons (Fsp3) is 0.133. The Hall–Kier alpha value is -2.20. The molecule has 0 heterocycles. The van der Waals surface area contributed by atoms with Crippen LogP contribution in [0, 0.1) is 0 Å². The van der Waals surface area contributed by atoms with E-state index < -0.39 is 0 Å². The lowest BCUT2D eigenvalue weighted by molar-refractivity contribution is 0.0956. The van der Waals surface area contributed by atoms with Crippen molar-refractivity contribution in [2.75, 3.05) is 17.6 Å². The van der Waals surface area contributed by atoms with E-state index in [1.807, 2.05) is 25.1 Å².